The van der Waals surface area contributed by atoms with E-state index in [4.69, 9.17) is 0 Å². The van der Waals surface area contributed by atoms with E-state index in [2.05, 4.69) is 19.2 Å². The molecule has 0 aromatic carbocycles. The van der Waals surface area contributed by atoms with E-state index in [1.54, 1.807) is 0 Å². The molecular weight excluding hydrogens is 138 g/mol. The predicted octanol–water partition coefficient (Wildman–Crippen LogP) is 1.35. The SMILES string of the molecule is CC(C)C[C@H]1CCC(=O)CN1. The van der Waals surface area contributed by atoms with Gasteiger partial charge in [-0.05, 0) is 18.8 Å². The number of rotatable bonds is 2. The zero-order valence-electron chi connectivity index (χ0n) is 7.39. The quantitative estimate of drug-likeness (QED) is 0.652. The molecule has 0 aromatic rings. The molecule has 1 atom stereocenters. The first kappa shape index (κ1) is 8.72. The molecule has 1 fully saturated rings. The highest BCUT2D eigenvalue weighted by atomic mass is 16.1. The maximum atomic E-state index is 10.8. The zero-order chi connectivity index (χ0) is 8.27. The fraction of sp³-hybridized carbons (Fsp3) is 0.889. The Labute approximate surface area is 68.4 Å². The highest BCUT2D eigenvalue weighted by Gasteiger charge is 2.17. The molecule has 1 aliphatic rings. The van der Waals surface area contributed by atoms with Gasteiger partial charge >= 0.3 is 0 Å². The topological polar surface area (TPSA) is 29.1 Å². The van der Waals surface area contributed by atoms with Crippen LogP contribution in [0.25, 0.3) is 0 Å². The number of piperidine rings is 1. The van der Waals surface area contributed by atoms with Crippen LogP contribution in [-0.4, -0.2) is 18.4 Å². The Kier molecular flexibility index (Phi) is 3.06. The molecule has 2 nitrogen and oxygen atoms in total. The van der Waals surface area contributed by atoms with Crippen molar-refractivity contribution in [1.29, 1.82) is 0 Å². The van der Waals surface area contributed by atoms with Gasteiger partial charge in [0.1, 0.15) is 5.78 Å². The highest BCUT2D eigenvalue weighted by molar-refractivity contribution is 5.81. The molecule has 0 radical (unpaired) electrons. The van der Waals surface area contributed by atoms with Crippen LogP contribution < -0.4 is 5.32 Å². The van der Waals surface area contributed by atoms with Crippen LogP contribution in [0.4, 0.5) is 0 Å². The van der Waals surface area contributed by atoms with Crippen LogP contribution in [0.3, 0.4) is 0 Å². The third kappa shape index (κ3) is 3.02. The minimum atomic E-state index is 0.366. The van der Waals surface area contributed by atoms with Gasteiger partial charge in [-0.3, -0.25) is 4.79 Å². The summed E-state index contributed by atoms with van der Waals surface area (Å²) in [5.74, 6) is 1.10. The van der Waals surface area contributed by atoms with E-state index in [9.17, 15) is 4.79 Å². The second kappa shape index (κ2) is 3.86. The van der Waals surface area contributed by atoms with E-state index >= 15 is 0 Å². The van der Waals surface area contributed by atoms with Crippen LogP contribution in [0.1, 0.15) is 33.1 Å². The summed E-state index contributed by atoms with van der Waals surface area (Å²) < 4.78 is 0. The lowest BCUT2D eigenvalue weighted by Crippen LogP contribution is -2.39. The maximum Gasteiger partial charge on any atom is 0.146 e. The second-order valence-electron chi connectivity index (χ2n) is 3.78. The fourth-order valence-corrected chi connectivity index (χ4v) is 1.55. The molecule has 0 bridgehead atoms. The van der Waals surface area contributed by atoms with Crippen molar-refractivity contribution in [3.63, 3.8) is 0 Å². The number of nitrogens with one attached hydrogen (secondary N) is 1. The minimum absolute atomic E-state index is 0.366. The number of carbonyl (C=O) groups excluding carboxylic acids is 1. The van der Waals surface area contributed by atoms with Gasteiger partial charge in [-0.1, -0.05) is 13.8 Å². The van der Waals surface area contributed by atoms with Gasteiger partial charge in [-0.2, -0.15) is 0 Å². The van der Waals surface area contributed by atoms with Crippen molar-refractivity contribution in [3.8, 4) is 0 Å². The van der Waals surface area contributed by atoms with Crippen molar-refractivity contribution in [1.82, 2.24) is 5.32 Å². The predicted molar refractivity (Wildman–Crippen MR) is 45.5 cm³/mol. The molecule has 64 valence electrons. The van der Waals surface area contributed by atoms with Crippen LogP contribution in [0, 0.1) is 5.92 Å². The summed E-state index contributed by atoms with van der Waals surface area (Å²) in [5.41, 5.74) is 0. The average molecular weight is 155 g/mol. The standard InChI is InChI=1S/C9H17NO/c1-7(2)5-8-3-4-9(11)6-10-8/h7-8,10H,3-6H2,1-2H3/t8-/m1/s1. The summed E-state index contributed by atoms with van der Waals surface area (Å²) in [6, 6.07) is 0.590. The zero-order valence-corrected chi connectivity index (χ0v) is 7.39. The summed E-state index contributed by atoms with van der Waals surface area (Å²) in [4.78, 5) is 10.8. The van der Waals surface area contributed by atoms with Gasteiger partial charge in [-0.15, -0.1) is 0 Å². The number of hydrogen-bond donors (Lipinski definition) is 1. The first-order chi connectivity index (χ1) is 5.18. The Bertz CT molecular complexity index is 132. The van der Waals surface area contributed by atoms with Crippen LogP contribution in [0.2, 0.25) is 0 Å². The van der Waals surface area contributed by atoms with E-state index in [1.165, 1.54) is 6.42 Å². The molecule has 1 N–H and O–H groups in total. The molecule has 1 aliphatic heterocycles. The largest absolute Gasteiger partial charge is 0.307 e. The molecule has 0 spiro atoms. The van der Waals surface area contributed by atoms with Gasteiger partial charge in [0.2, 0.25) is 0 Å². The number of hydrogen-bond acceptors (Lipinski definition) is 2. The van der Waals surface area contributed by atoms with Gasteiger partial charge < -0.3 is 5.32 Å². The summed E-state index contributed by atoms with van der Waals surface area (Å²) in [5, 5.41) is 3.25. The van der Waals surface area contributed by atoms with Crippen LogP contribution in [-0.2, 0) is 4.79 Å². The van der Waals surface area contributed by atoms with Crippen molar-refractivity contribution in [2.75, 3.05) is 6.54 Å². The average Bonchev–Trinajstić information content (AvgIpc) is 1.93. The van der Waals surface area contributed by atoms with Crippen LogP contribution in [0.15, 0.2) is 0 Å². The molecule has 0 amide bonds. The lowest BCUT2D eigenvalue weighted by molar-refractivity contribution is -0.119. The maximum absolute atomic E-state index is 10.8. The van der Waals surface area contributed by atoms with Crippen molar-refractivity contribution in [2.45, 2.75) is 39.2 Å². The summed E-state index contributed by atoms with van der Waals surface area (Å²) >= 11 is 0. The molecule has 0 aliphatic carbocycles. The van der Waals surface area contributed by atoms with Crippen molar-refractivity contribution in [3.05, 3.63) is 0 Å². The van der Waals surface area contributed by atoms with Crippen LogP contribution >= 0.6 is 0 Å². The molecule has 1 heterocycles. The van der Waals surface area contributed by atoms with E-state index in [-0.39, 0.29) is 0 Å². The van der Waals surface area contributed by atoms with E-state index in [1.807, 2.05) is 0 Å². The first-order valence-corrected chi connectivity index (χ1v) is 4.43. The van der Waals surface area contributed by atoms with Crippen molar-refractivity contribution in [2.24, 2.45) is 5.92 Å². The molecule has 2 heteroatoms. The summed E-state index contributed by atoms with van der Waals surface area (Å²) in [6.07, 6.45) is 3.02. The minimum Gasteiger partial charge on any atom is -0.307 e. The monoisotopic (exact) mass is 155 g/mol. The Morgan fingerprint density at radius 3 is 2.82 bits per heavy atom. The van der Waals surface area contributed by atoms with Gasteiger partial charge in [0.15, 0.2) is 0 Å². The molecule has 0 unspecified atom stereocenters. The van der Waals surface area contributed by atoms with Crippen LogP contribution in [0.5, 0.6) is 0 Å². The molecule has 0 saturated carbocycles. The van der Waals surface area contributed by atoms with E-state index < -0.39 is 0 Å². The van der Waals surface area contributed by atoms with Gasteiger partial charge in [0, 0.05) is 12.5 Å². The molecule has 1 rings (SSSR count). The number of Topliss-reactive ketones (excluding diaryl/α,β-unsaturated/α-hetero) is 1. The van der Waals surface area contributed by atoms with Gasteiger partial charge in [-0.25, -0.2) is 0 Å². The molecular formula is C9H17NO. The van der Waals surface area contributed by atoms with Crippen molar-refractivity contribution >= 4 is 5.78 Å². The van der Waals surface area contributed by atoms with E-state index in [0.29, 0.717) is 18.4 Å². The van der Waals surface area contributed by atoms with E-state index in [0.717, 1.165) is 18.8 Å². The number of ketones is 1. The van der Waals surface area contributed by atoms with Gasteiger partial charge in [0.25, 0.3) is 0 Å². The molecule has 0 aromatic heterocycles. The van der Waals surface area contributed by atoms with Crippen molar-refractivity contribution < 1.29 is 4.79 Å². The fourth-order valence-electron chi connectivity index (χ4n) is 1.55. The third-order valence-corrected chi connectivity index (χ3v) is 2.12. The summed E-state index contributed by atoms with van der Waals surface area (Å²) in [6.45, 7) is 5.04. The first-order valence-electron chi connectivity index (χ1n) is 4.43. The third-order valence-electron chi connectivity index (χ3n) is 2.12. The lowest BCUT2D eigenvalue weighted by atomic mass is 9.96. The second-order valence-corrected chi connectivity index (χ2v) is 3.78. The Hall–Kier alpha value is -0.370. The number of carbonyl (C=O) groups is 1. The molecule has 1 saturated heterocycles. The smallest absolute Gasteiger partial charge is 0.146 e. The summed E-state index contributed by atoms with van der Waals surface area (Å²) in [7, 11) is 0. The Balaban J connectivity index is 2.22. The highest BCUT2D eigenvalue weighted by Crippen LogP contribution is 2.12. The van der Waals surface area contributed by atoms with Gasteiger partial charge in [0.05, 0.1) is 6.54 Å². The Morgan fingerprint density at radius 2 is 2.36 bits per heavy atom. The lowest BCUT2D eigenvalue weighted by Gasteiger charge is -2.23. The normalized spacial score (nSPS) is 26.1. The Morgan fingerprint density at radius 1 is 1.64 bits per heavy atom. The molecule has 11 heavy (non-hydrogen) atoms.